The highest BCUT2D eigenvalue weighted by Gasteiger charge is 2.20. The van der Waals surface area contributed by atoms with Gasteiger partial charge in [0.25, 0.3) is 5.91 Å². The average Bonchev–Trinajstić information content (AvgIpc) is 3.16. The Bertz CT molecular complexity index is 1110. The summed E-state index contributed by atoms with van der Waals surface area (Å²) in [6.45, 7) is 1.78. The van der Waals surface area contributed by atoms with Crippen molar-refractivity contribution in [3.8, 4) is 5.75 Å². The van der Waals surface area contributed by atoms with E-state index in [0.717, 1.165) is 22.2 Å². The van der Waals surface area contributed by atoms with Gasteiger partial charge in [0.15, 0.2) is 6.61 Å². The molecule has 0 aliphatic heterocycles. The number of ether oxygens (including phenoxy) is 1. The molecule has 0 fully saturated rings. The van der Waals surface area contributed by atoms with Crippen LogP contribution in [0.2, 0.25) is 5.02 Å². The van der Waals surface area contributed by atoms with Crippen LogP contribution in [0.3, 0.4) is 0 Å². The van der Waals surface area contributed by atoms with E-state index in [4.69, 9.17) is 16.3 Å². The van der Waals surface area contributed by atoms with Crippen LogP contribution in [0.15, 0.2) is 72.8 Å². The number of benzene rings is 3. The van der Waals surface area contributed by atoms with Gasteiger partial charge in [-0.05, 0) is 48.4 Å². The summed E-state index contributed by atoms with van der Waals surface area (Å²) in [5.74, 6) is 1.06. The van der Waals surface area contributed by atoms with Crippen molar-refractivity contribution in [1.29, 1.82) is 0 Å². The number of aromatic amines is 1. The Hall–Kier alpha value is -3.31. The molecule has 0 spiro atoms. The van der Waals surface area contributed by atoms with E-state index < -0.39 is 6.04 Å². The third kappa shape index (κ3) is 4.41. The molecule has 1 amide bonds. The van der Waals surface area contributed by atoms with E-state index in [0.29, 0.717) is 16.6 Å². The van der Waals surface area contributed by atoms with Gasteiger partial charge in [-0.3, -0.25) is 4.79 Å². The van der Waals surface area contributed by atoms with E-state index in [1.807, 2.05) is 61.5 Å². The molecule has 4 aromatic rings. The zero-order chi connectivity index (χ0) is 20.2. The second-order valence-electron chi connectivity index (χ2n) is 6.75. The van der Waals surface area contributed by atoms with E-state index in [1.54, 1.807) is 18.2 Å². The smallest absolute Gasteiger partial charge is 0.258 e. The number of para-hydroxylation sites is 2. The normalized spacial score (nSPS) is 11.9. The fourth-order valence-corrected chi connectivity index (χ4v) is 3.41. The Morgan fingerprint density at radius 3 is 2.62 bits per heavy atom. The molecule has 1 atom stereocenters. The predicted molar refractivity (Wildman–Crippen MR) is 114 cm³/mol. The Labute approximate surface area is 173 Å². The number of hydrogen-bond donors (Lipinski definition) is 2. The van der Waals surface area contributed by atoms with Gasteiger partial charge >= 0.3 is 0 Å². The zero-order valence-electron chi connectivity index (χ0n) is 15.9. The molecule has 0 aliphatic rings. The van der Waals surface area contributed by atoms with Gasteiger partial charge in [-0.2, -0.15) is 0 Å². The maximum absolute atomic E-state index is 12.7. The van der Waals surface area contributed by atoms with Gasteiger partial charge in [0.2, 0.25) is 0 Å². The highest BCUT2D eigenvalue weighted by molar-refractivity contribution is 6.30. The highest BCUT2D eigenvalue weighted by Crippen LogP contribution is 2.24. The minimum atomic E-state index is -0.411. The first-order valence-corrected chi connectivity index (χ1v) is 9.66. The van der Waals surface area contributed by atoms with Crippen LogP contribution in [0.1, 0.15) is 23.0 Å². The Morgan fingerprint density at radius 1 is 1.10 bits per heavy atom. The number of fused-ring (bicyclic) bond motifs is 1. The number of halogens is 1. The summed E-state index contributed by atoms with van der Waals surface area (Å²) < 4.78 is 5.68. The number of imidazole rings is 1. The van der Waals surface area contributed by atoms with Gasteiger partial charge in [0, 0.05) is 5.02 Å². The van der Waals surface area contributed by atoms with Crippen molar-refractivity contribution in [1.82, 2.24) is 15.3 Å². The second-order valence-corrected chi connectivity index (χ2v) is 7.19. The number of rotatable bonds is 6. The van der Waals surface area contributed by atoms with Crippen LogP contribution in [-0.4, -0.2) is 22.5 Å². The van der Waals surface area contributed by atoms with Crippen LogP contribution in [0.25, 0.3) is 11.0 Å². The first-order valence-electron chi connectivity index (χ1n) is 9.28. The summed E-state index contributed by atoms with van der Waals surface area (Å²) in [7, 11) is 0. The van der Waals surface area contributed by atoms with Crippen LogP contribution >= 0.6 is 11.6 Å². The molecular weight excluding hydrogens is 386 g/mol. The average molecular weight is 406 g/mol. The largest absolute Gasteiger partial charge is 0.484 e. The van der Waals surface area contributed by atoms with Gasteiger partial charge in [0.05, 0.1) is 11.0 Å². The minimum Gasteiger partial charge on any atom is -0.484 e. The Morgan fingerprint density at radius 2 is 1.86 bits per heavy atom. The summed E-state index contributed by atoms with van der Waals surface area (Å²) >= 11 is 5.97. The van der Waals surface area contributed by atoms with E-state index in [1.165, 1.54) is 0 Å². The monoisotopic (exact) mass is 405 g/mol. The molecular formula is C23H20ClN3O2. The predicted octanol–water partition coefficient (Wildman–Crippen LogP) is 4.81. The van der Waals surface area contributed by atoms with Crippen LogP contribution in [-0.2, 0) is 4.79 Å². The number of carbonyl (C=O) groups excluding carboxylic acids is 1. The first kappa shape index (κ1) is 19.0. The lowest BCUT2D eigenvalue weighted by Gasteiger charge is -2.18. The van der Waals surface area contributed by atoms with Crippen LogP contribution in [0.5, 0.6) is 5.75 Å². The number of amides is 1. The molecule has 2 N–H and O–H groups in total. The number of carbonyl (C=O) groups is 1. The van der Waals surface area contributed by atoms with Crippen molar-refractivity contribution in [2.45, 2.75) is 13.0 Å². The molecule has 0 bridgehead atoms. The summed E-state index contributed by atoms with van der Waals surface area (Å²) in [4.78, 5) is 20.6. The molecule has 0 saturated heterocycles. The molecule has 5 nitrogen and oxygen atoms in total. The van der Waals surface area contributed by atoms with Gasteiger partial charge in [-0.15, -0.1) is 0 Å². The van der Waals surface area contributed by atoms with Crippen molar-refractivity contribution < 1.29 is 9.53 Å². The Balaban J connectivity index is 1.54. The second kappa shape index (κ2) is 8.37. The number of nitrogens with zero attached hydrogens (tertiary/aromatic N) is 1. The first-order chi connectivity index (χ1) is 14.1. The number of aromatic nitrogens is 2. The van der Waals surface area contributed by atoms with Crippen LogP contribution in [0.4, 0.5) is 0 Å². The molecule has 1 heterocycles. The number of hydrogen-bond acceptors (Lipinski definition) is 3. The summed E-state index contributed by atoms with van der Waals surface area (Å²) in [5, 5.41) is 3.66. The van der Waals surface area contributed by atoms with Crippen molar-refractivity contribution in [3.63, 3.8) is 0 Å². The number of aryl methyl sites for hydroxylation is 1. The van der Waals surface area contributed by atoms with Gasteiger partial charge in [-0.1, -0.05) is 54.1 Å². The molecule has 0 saturated carbocycles. The van der Waals surface area contributed by atoms with E-state index in [9.17, 15) is 4.79 Å². The Kier molecular flexibility index (Phi) is 5.49. The molecule has 29 heavy (non-hydrogen) atoms. The van der Waals surface area contributed by atoms with Crippen molar-refractivity contribution in [3.05, 3.63) is 94.8 Å². The van der Waals surface area contributed by atoms with E-state index >= 15 is 0 Å². The lowest BCUT2D eigenvalue weighted by Crippen LogP contribution is -2.33. The molecule has 3 aromatic carbocycles. The highest BCUT2D eigenvalue weighted by atomic mass is 35.5. The topological polar surface area (TPSA) is 67.0 Å². The van der Waals surface area contributed by atoms with Crippen molar-refractivity contribution in [2.24, 2.45) is 0 Å². The summed E-state index contributed by atoms with van der Waals surface area (Å²) in [5.41, 5.74) is 3.58. The van der Waals surface area contributed by atoms with Gasteiger partial charge < -0.3 is 15.0 Å². The SMILES string of the molecule is Cc1cc(Cl)ccc1OCC(=O)NC(c1ccccc1)c1nc2ccccc2[nH]1. The fraction of sp³-hybridized carbons (Fsp3) is 0.130. The molecule has 1 unspecified atom stereocenters. The maximum Gasteiger partial charge on any atom is 0.258 e. The van der Waals surface area contributed by atoms with Crippen LogP contribution in [0, 0.1) is 6.92 Å². The minimum absolute atomic E-state index is 0.105. The summed E-state index contributed by atoms with van der Waals surface area (Å²) in [6.07, 6.45) is 0. The molecule has 146 valence electrons. The zero-order valence-corrected chi connectivity index (χ0v) is 16.6. The third-order valence-electron chi connectivity index (χ3n) is 4.62. The molecule has 0 radical (unpaired) electrons. The van der Waals surface area contributed by atoms with Crippen molar-refractivity contribution in [2.75, 3.05) is 6.61 Å². The fourth-order valence-electron chi connectivity index (χ4n) is 3.19. The quantitative estimate of drug-likeness (QED) is 0.483. The van der Waals surface area contributed by atoms with Crippen molar-refractivity contribution >= 4 is 28.5 Å². The lowest BCUT2D eigenvalue weighted by atomic mass is 10.1. The molecule has 1 aromatic heterocycles. The number of nitrogens with one attached hydrogen (secondary N) is 2. The molecule has 6 heteroatoms. The molecule has 0 aliphatic carbocycles. The lowest BCUT2D eigenvalue weighted by molar-refractivity contribution is -0.123. The van der Waals surface area contributed by atoms with Crippen LogP contribution < -0.4 is 10.1 Å². The molecule has 4 rings (SSSR count). The van der Waals surface area contributed by atoms with Gasteiger partial charge in [-0.25, -0.2) is 4.98 Å². The third-order valence-corrected chi connectivity index (χ3v) is 4.85. The standard InChI is InChI=1S/C23H20ClN3O2/c1-15-13-17(24)11-12-20(15)29-14-21(28)27-22(16-7-3-2-4-8-16)23-25-18-9-5-6-10-19(18)26-23/h2-13,22H,14H2,1H3,(H,25,26)(H,27,28). The summed E-state index contributed by atoms with van der Waals surface area (Å²) in [6, 6.07) is 22.4. The van der Waals surface area contributed by atoms with E-state index in [-0.39, 0.29) is 12.5 Å². The maximum atomic E-state index is 12.7. The number of H-pyrrole nitrogens is 1. The van der Waals surface area contributed by atoms with E-state index in [2.05, 4.69) is 15.3 Å². The van der Waals surface area contributed by atoms with Gasteiger partial charge in [0.1, 0.15) is 17.6 Å².